The molecule has 1 aliphatic heterocycles. The molecular weight excluding hydrogens is 548 g/mol. The van der Waals surface area contributed by atoms with E-state index in [2.05, 4.69) is 10.2 Å². The summed E-state index contributed by atoms with van der Waals surface area (Å²) in [6, 6.07) is 13.3. The Kier molecular flexibility index (Phi) is 13.1. The molecule has 0 unspecified atom stereocenters. The van der Waals surface area contributed by atoms with E-state index in [0.29, 0.717) is 37.4 Å². The number of esters is 1. The van der Waals surface area contributed by atoms with E-state index in [0.717, 1.165) is 42.9 Å². The Hall–Kier alpha value is -3.37. The number of non-ortho nitro benzene ring substituents is 1. The van der Waals surface area contributed by atoms with Crippen LogP contribution in [0.25, 0.3) is 0 Å². The van der Waals surface area contributed by atoms with E-state index in [1.165, 1.54) is 37.8 Å². The van der Waals surface area contributed by atoms with Crippen molar-refractivity contribution in [2.45, 2.75) is 109 Å². The molecule has 0 spiro atoms. The van der Waals surface area contributed by atoms with Crippen molar-refractivity contribution in [3.8, 4) is 5.75 Å². The number of nitro groups is 1. The van der Waals surface area contributed by atoms with Gasteiger partial charge < -0.3 is 9.47 Å². The van der Waals surface area contributed by atoms with Gasteiger partial charge in [-0.2, -0.15) is 10.2 Å². The highest BCUT2D eigenvalue weighted by atomic mass is 16.6. The maximum atomic E-state index is 12.6. The quantitative estimate of drug-likeness (QED) is 0.0590. The zero-order valence-corrected chi connectivity index (χ0v) is 26.1. The molecule has 1 radical (unpaired) electrons. The van der Waals surface area contributed by atoms with Crippen molar-refractivity contribution in [3.05, 3.63) is 58.6 Å². The number of unbranched alkanes of at least 4 members (excludes halogenated alkanes) is 8. The SMILES string of the molecule is CC1(C)CC(C(=O)OCCCCCCCCCCCOc2ccc(N=Nc3ccc([N+](=O)[O-])cc3)cc2)CC(C)(C)N1[O]. The van der Waals surface area contributed by atoms with Crippen LogP contribution in [-0.4, -0.2) is 40.2 Å². The van der Waals surface area contributed by atoms with Crippen molar-refractivity contribution in [1.82, 2.24) is 5.06 Å². The molecule has 0 bridgehead atoms. The predicted molar refractivity (Wildman–Crippen MR) is 165 cm³/mol. The summed E-state index contributed by atoms with van der Waals surface area (Å²) >= 11 is 0. The zero-order valence-electron chi connectivity index (χ0n) is 26.1. The first kappa shape index (κ1) is 34.1. The van der Waals surface area contributed by atoms with Crippen molar-refractivity contribution in [3.63, 3.8) is 0 Å². The number of hydrogen-bond acceptors (Lipinski definition) is 8. The highest BCUT2D eigenvalue weighted by Crippen LogP contribution is 2.40. The number of rotatable bonds is 17. The van der Waals surface area contributed by atoms with Crippen molar-refractivity contribution in [2.24, 2.45) is 16.1 Å². The first-order valence-corrected chi connectivity index (χ1v) is 15.5. The van der Waals surface area contributed by atoms with Gasteiger partial charge in [0.1, 0.15) is 5.75 Å². The van der Waals surface area contributed by atoms with Crippen molar-refractivity contribution in [1.29, 1.82) is 0 Å². The van der Waals surface area contributed by atoms with Crippen molar-refractivity contribution in [2.75, 3.05) is 13.2 Å². The van der Waals surface area contributed by atoms with Gasteiger partial charge >= 0.3 is 5.97 Å². The molecule has 1 saturated heterocycles. The number of carbonyl (C=O) groups excluding carboxylic acids is 1. The van der Waals surface area contributed by atoms with Gasteiger partial charge in [0, 0.05) is 23.2 Å². The molecular formula is C33H47N4O6. The van der Waals surface area contributed by atoms with E-state index in [1.807, 2.05) is 52.0 Å². The van der Waals surface area contributed by atoms with Crippen LogP contribution in [-0.2, 0) is 14.7 Å². The third-order valence-electron chi connectivity index (χ3n) is 7.90. The Balaban J connectivity index is 1.16. The third-order valence-corrected chi connectivity index (χ3v) is 7.90. The van der Waals surface area contributed by atoms with Gasteiger partial charge in [-0.15, -0.1) is 10.3 Å². The lowest BCUT2D eigenvalue weighted by Gasteiger charge is -2.49. The molecule has 0 saturated carbocycles. The summed E-state index contributed by atoms with van der Waals surface area (Å²) in [5.41, 5.74) is 0.141. The largest absolute Gasteiger partial charge is 0.494 e. The molecule has 0 N–H and O–H groups in total. The van der Waals surface area contributed by atoms with Gasteiger partial charge in [-0.05, 0) is 89.8 Å². The van der Waals surface area contributed by atoms with Crippen LogP contribution >= 0.6 is 0 Å². The lowest BCUT2D eigenvalue weighted by molar-refractivity contribution is -0.384. The van der Waals surface area contributed by atoms with Crippen LogP contribution in [0.2, 0.25) is 0 Å². The lowest BCUT2D eigenvalue weighted by Crippen LogP contribution is -2.59. The van der Waals surface area contributed by atoms with E-state index in [1.54, 1.807) is 12.1 Å². The predicted octanol–water partition coefficient (Wildman–Crippen LogP) is 9.06. The van der Waals surface area contributed by atoms with Crippen molar-refractivity contribution < 1.29 is 24.4 Å². The smallest absolute Gasteiger partial charge is 0.309 e. The molecule has 10 nitrogen and oxygen atoms in total. The average Bonchev–Trinajstić information content (AvgIpc) is 2.97. The topological polar surface area (TPSA) is 127 Å². The zero-order chi connectivity index (χ0) is 31.3. The third kappa shape index (κ3) is 11.3. The second-order valence-electron chi connectivity index (χ2n) is 12.7. The second-order valence-corrected chi connectivity index (χ2v) is 12.7. The number of piperidine rings is 1. The van der Waals surface area contributed by atoms with E-state index in [9.17, 15) is 20.1 Å². The number of hydroxylamine groups is 2. The fraction of sp³-hybridized carbons (Fsp3) is 0.606. The summed E-state index contributed by atoms with van der Waals surface area (Å²) in [4.78, 5) is 22.9. The minimum Gasteiger partial charge on any atom is -0.494 e. The van der Waals surface area contributed by atoms with Crippen molar-refractivity contribution >= 4 is 23.0 Å². The summed E-state index contributed by atoms with van der Waals surface area (Å²) in [6.07, 6.45) is 11.2. The minimum absolute atomic E-state index is 0.0220. The van der Waals surface area contributed by atoms with E-state index < -0.39 is 16.0 Å². The van der Waals surface area contributed by atoms with Gasteiger partial charge in [0.05, 0.1) is 35.4 Å². The van der Waals surface area contributed by atoms with Crippen LogP contribution in [0, 0.1) is 16.0 Å². The summed E-state index contributed by atoms with van der Waals surface area (Å²) in [5.74, 6) is 0.431. The normalized spacial score (nSPS) is 16.8. The van der Waals surface area contributed by atoms with Crippen LogP contribution in [0.15, 0.2) is 58.8 Å². The standard InChI is InChI=1S/C33H47N4O6/c1-32(2)24-26(25-33(3,4)37(32)41)31(38)43-23-13-11-9-7-5-6-8-10-12-22-42-30-20-16-28(17-21-30)35-34-27-14-18-29(19-15-27)36(39)40/h14-21,26H,5-13,22-25H2,1-4H3. The number of azo groups is 1. The summed E-state index contributed by atoms with van der Waals surface area (Å²) in [6.45, 7) is 8.75. The highest BCUT2D eigenvalue weighted by molar-refractivity contribution is 5.73. The molecule has 43 heavy (non-hydrogen) atoms. The fourth-order valence-electron chi connectivity index (χ4n) is 5.72. The summed E-state index contributed by atoms with van der Waals surface area (Å²) in [7, 11) is 0. The van der Waals surface area contributed by atoms with Gasteiger partial charge in [0.15, 0.2) is 0 Å². The maximum absolute atomic E-state index is 12.6. The minimum atomic E-state index is -0.554. The first-order valence-electron chi connectivity index (χ1n) is 15.5. The number of benzene rings is 2. The highest BCUT2D eigenvalue weighted by Gasteiger charge is 2.48. The first-order chi connectivity index (χ1) is 20.5. The van der Waals surface area contributed by atoms with Gasteiger partial charge in [0.2, 0.25) is 0 Å². The van der Waals surface area contributed by atoms with Gasteiger partial charge in [-0.25, -0.2) is 0 Å². The summed E-state index contributed by atoms with van der Waals surface area (Å²) < 4.78 is 11.4. The number of carbonyl (C=O) groups is 1. The number of ether oxygens (including phenoxy) is 2. The van der Waals surface area contributed by atoms with Crippen LogP contribution in [0.1, 0.15) is 98.3 Å². The molecule has 10 heteroatoms. The van der Waals surface area contributed by atoms with Crippen LogP contribution in [0.3, 0.4) is 0 Å². The van der Waals surface area contributed by atoms with E-state index >= 15 is 0 Å². The van der Waals surface area contributed by atoms with E-state index in [-0.39, 0.29) is 17.6 Å². The molecule has 0 atom stereocenters. The van der Waals surface area contributed by atoms with Crippen LogP contribution in [0.4, 0.5) is 17.1 Å². The van der Waals surface area contributed by atoms with E-state index in [4.69, 9.17) is 9.47 Å². The Bertz CT molecular complexity index is 1160. The van der Waals surface area contributed by atoms with Gasteiger partial charge in [-0.1, -0.05) is 44.9 Å². The molecule has 0 aromatic heterocycles. The molecule has 235 valence electrons. The number of hydrogen-bond donors (Lipinski definition) is 0. The molecule has 3 rings (SSSR count). The Morgan fingerprint density at radius 1 is 0.791 bits per heavy atom. The fourth-order valence-corrected chi connectivity index (χ4v) is 5.72. The Morgan fingerprint density at radius 2 is 1.23 bits per heavy atom. The molecule has 0 amide bonds. The molecule has 1 aliphatic rings. The van der Waals surface area contributed by atoms with Crippen LogP contribution in [0.5, 0.6) is 5.75 Å². The number of nitro benzene ring substituents is 1. The number of nitrogens with zero attached hydrogens (tertiary/aromatic N) is 4. The van der Waals surface area contributed by atoms with Gasteiger partial charge in [-0.3, -0.25) is 14.9 Å². The monoisotopic (exact) mass is 595 g/mol. The molecule has 1 fully saturated rings. The molecule has 0 aliphatic carbocycles. The lowest BCUT2D eigenvalue weighted by atomic mass is 9.75. The Morgan fingerprint density at radius 3 is 1.72 bits per heavy atom. The average molecular weight is 596 g/mol. The van der Waals surface area contributed by atoms with Crippen LogP contribution < -0.4 is 4.74 Å². The second kappa shape index (κ2) is 16.5. The molecule has 2 aromatic rings. The maximum Gasteiger partial charge on any atom is 0.309 e. The van der Waals surface area contributed by atoms with Gasteiger partial charge in [0.25, 0.3) is 5.69 Å². The Labute approximate surface area is 255 Å². The molecule has 2 aromatic carbocycles. The summed E-state index contributed by atoms with van der Waals surface area (Å²) in [5, 5.41) is 32.6. The molecule has 1 heterocycles.